The van der Waals surface area contributed by atoms with E-state index in [9.17, 15) is 5.11 Å². The van der Waals surface area contributed by atoms with E-state index in [2.05, 4.69) is 10.1 Å². The van der Waals surface area contributed by atoms with Crippen molar-refractivity contribution in [3.8, 4) is 11.7 Å². The smallest absolute Gasteiger partial charge is 0.215 e. The van der Waals surface area contributed by atoms with Crippen LogP contribution in [0.2, 0.25) is 0 Å². The van der Waals surface area contributed by atoms with E-state index in [1.54, 1.807) is 18.3 Å². The van der Waals surface area contributed by atoms with Gasteiger partial charge in [-0.1, -0.05) is 36.4 Å². The van der Waals surface area contributed by atoms with Crippen LogP contribution in [0.3, 0.4) is 0 Å². The Morgan fingerprint density at radius 3 is 2.53 bits per heavy atom. The van der Waals surface area contributed by atoms with Crippen molar-refractivity contribution in [1.82, 2.24) is 14.8 Å². The van der Waals surface area contributed by atoms with Crippen molar-refractivity contribution in [3.05, 3.63) is 72.1 Å². The molecule has 4 nitrogen and oxygen atoms in total. The Morgan fingerprint density at radius 1 is 1.00 bits per heavy atom. The molecule has 19 heavy (non-hydrogen) atoms. The summed E-state index contributed by atoms with van der Waals surface area (Å²) in [7, 11) is 0. The van der Waals surface area contributed by atoms with Crippen molar-refractivity contribution in [1.29, 1.82) is 0 Å². The normalized spacial score (nSPS) is 10.5. The van der Waals surface area contributed by atoms with Crippen LogP contribution in [-0.4, -0.2) is 19.9 Å². The van der Waals surface area contributed by atoms with E-state index < -0.39 is 0 Å². The summed E-state index contributed by atoms with van der Waals surface area (Å²) in [4.78, 5) is 4.17. The molecule has 0 aliphatic rings. The first kappa shape index (κ1) is 11.5. The maximum Gasteiger partial charge on any atom is 0.215 e. The average molecular weight is 251 g/mol. The minimum Gasteiger partial charge on any atom is -0.493 e. The lowest BCUT2D eigenvalue weighted by molar-refractivity contribution is 0.432. The Hall–Kier alpha value is -2.62. The van der Waals surface area contributed by atoms with Gasteiger partial charge < -0.3 is 5.11 Å². The number of hydrogen-bond donors (Lipinski definition) is 1. The Morgan fingerprint density at radius 2 is 1.79 bits per heavy atom. The minimum absolute atomic E-state index is 0.102. The van der Waals surface area contributed by atoms with E-state index in [0.29, 0.717) is 12.2 Å². The maximum absolute atomic E-state index is 9.92. The van der Waals surface area contributed by atoms with Gasteiger partial charge in [0.1, 0.15) is 0 Å². The molecule has 0 bridgehead atoms. The van der Waals surface area contributed by atoms with Gasteiger partial charge in [0.25, 0.3) is 0 Å². The van der Waals surface area contributed by atoms with Crippen LogP contribution in [0.4, 0.5) is 0 Å². The molecule has 0 atom stereocenters. The Bertz CT molecular complexity index is 662. The van der Waals surface area contributed by atoms with Crippen molar-refractivity contribution in [2.45, 2.75) is 6.42 Å². The highest BCUT2D eigenvalue weighted by atomic mass is 16.3. The monoisotopic (exact) mass is 251 g/mol. The standard InChI is InChI=1S/C15H13N3O/c19-15-11-13(10-12-6-2-1-3-7-12)17-18(15)14-8-4-5-9-16-14/h1-9,11,19H,10H2. The second-order valence-electron chi connectivity index (χ2n) is 4.26. The van der Waals surface area contributed by atoms with Crippen LogP contribution in [0.25, 0.3) is 5.82 Å². The molecule has 94 valence electrons. The minimum atomic E-state index is 0.102. The van der Waals surface area contributed by atoms with Gasteiger partial charge in [-0.25, -0.2) is 4.98 Å². The lowest BCUT2D eigenvalue weighted by Crippen LogP contribution is -1.99. The number of aromatic hydroxyl groups is 1. The molecule has 0 spiro atoms. The highest BCUT2D eigenvalue weighted by Gasteiger charge is 2.09. The molecule has 0 unspecified atom stereocenters. The van der Waals surface area contributed by atoms with E-state index in [1.807, 2.05) is 42.5 Å². The number of pyridine rings is 1. The van der Waals surface area contributed by atoms with Gasteiger partial charge in [0.15, 0.2) is 5.82 Å². The van der Waals surface area contributed by atoms with E-state index in [-0.39, 0.29) is 5.88 Å². The zero-order chi connectivity index (χ0) is 13.1. The molecule has 1 aromatic carbocycles. The molecule has 0 saturated heterocycles. The van der Waals surface area contributed by atoms with E-state index in [4.69, 9.17) is 0 Å². The summed E-state index contributed by atoms with van der Waals surface area (Å²) in [5.41, 5.74) is 1.97. The van der Waals surface area contributed by atoms with Gasteiger partial charge in [-0.3, -0.25) is 0 Å². The van der Waals surface area contributed by atoms with Gasteiger partial charge in [-0.05, 0) is 17.7 Å². The van der Waals surface area contributed by atoms with Crippen molar-refractivity contribution in [2.24, 2.45) is 0 Å². The van der Waals surface area contributed by atoms with Gasteiger partial charge in [0.2, 0.25) is 5.88 Å². The van der Waals surface area contributed by atoms with Crippen molar-refractivity contribution in [3.63, 3.8) is 0 Å². The van der Waals surface area contributed by atoms with Gasteiger partial charge in [-0.15, -0.1) is 0 Å². The van der Waals surface area contributed by atoms with Gasteiger partial charge in [0, 0.05) is 18.7 Å². The van der Waals surface area contributed by atoms with Crippen molar-refractivity contribution >= 4 is 0 Å². The second-order valence-corrected chi connectivity index (χ2v) is 4.26. The third-order valence-electron chi connectivity index (χ3n) is 2.84. The predicted molar refractivity (Wildman–Crippen MR) is 72.3 cm³/mol. The molecule has 0 aliphatic heterocycles. The Kier molecular flexibility index (Phi) is 2.98. The van der Waals surface area contributed by atoms with Crippen LogP contribution in [0, 0.1) is 0 Å². The zero-order valence-electron chi connectivity index (χ0n) is 10.3. The number of benzene rings is 1. The third kappa shape index (κ3) is 2.47. The quantitative estimate of drug-likeness (QED) is 0.778. The lowest BCUT2D eigenvalue weighted by Gasteiger charge is -2.00. The summed E-state index contributed by atoms with van der Waals surface area (Å²) in [6.45, 7) is 0. The van der Waals surface area contributed by atoms with Crippen LogP contribution in [0.15, 0.2) is 60.8 Å². The van der Waals surface area contributed by atoms with E-state index >= 15 is 0 Å². The van der Waals surface area contributed by atoms with Crippen LogP contribution in [0.1, 0.15) is 11.3 Å². The highest BCUT2D eigenvalue weighted by molar-refractivity contribution is 5.31. The number of aromatic nitrogens is 3. The van der Waals surface area contributed by atoms with Gasteiger partial charge in [-0.2, -0.15) is 9.78 Å². The molecule has 2 aromatic heterocycles. The predicted octanol–water partition coefficient (Wildman–Crippen LogP) is 2.56. The molecular weight excluding hydrogens is 238 g/mol. The van der Waals surface area contributed by atoms with E-state index in [0.717, 1.165) is 11.3 Å². The summed E-state index contributed by atoms with van der Waals surface area (Å²) < 4.78 is 1.44. The number of hydrogen-bond acceptors (Lipinski definition) is 3. The fourth-order valence-electron chi connectivity index (χ4n) is 1.96. The number of nitrogens with zero attached hydrogens (tertiary/aromatic N) is 3. The molecule has 0 aliphatic carbocycles. The molecular formula is C15H13N3O. The highest BCUT2D eigenvalue weighted by Crippen LogP contribution is 2.18. The molecule has 2 heterocycles. The van der Waals surface area contributed by atoms with Gasteiger partial charge in [0.05, 0.1) is 5.69 Å². The van der Waals surface area contributed by atoms with E-state index in [1.165, 1.54) is 4.68 Å². The molecule has 0 fully saturated rings. The molecule has 3 aromatic rings. The van der Waals surface area contributed by atoms with Crippen LogP contribution in [-0.2, 0) is 6.42 Å². The first-order chi connectivity index (χ1) is 9.33. The van der Waals surface area contributed by atoms with Crippen LogP contribution in [0.5, 0.6) is 5.88 Å². The first-order valence-corrected chi connectivity index (χ1v) is 6.06. The fourth-order valence-corrected chi connectivity index (χ4v) is 1.96. The molecule has 1 N–H and O–H groups in total. The molecule has 4 heteroatoms. The molecule has 0 radical (unpaired) electrons. The van der Waals surface area contributed by atoms with Crippen LogP contribution < -0.4 is 0 Å². The summed E-state index contributed by atoms with van der Waals surface area (Å²) in [6, 6.07) is 17.2. The first-order valence-electron chi connectivity index (χ1n) is 6.06. The summed E-state index contributed by atoms with van der Waals surface area (Å²) >= 11 is 0. The van der Waals surface area contributed by atoms with Crippen LogP contribution >= 0.6 is 0 Å². The SMILES string of the molecule is Oc1cc(Cc2ccccc2)nn1-c1ccccn1. The Labute approximate surface area is 111 Å². The largest absolute Gasteiger partial charge is 0.493 e. The zero-order valence-corrected chi connectivity index (χ0v) is 10.3. The fraction of sp³-hybridized carbons (Fsp3) is 0.0667. The van der Waals surface area contributed by atoms with Crippen molar-refractivity contribution < 1.29 is 5.11 Å². The summed E-state index contributed by atoms with van der Waals surface area (Å²) in [6.07, 6.45) is 2.36. The van der Waals surface area contributed by atoms with Gasteiger partial charge >= 0.3 is 0 Å². The average Bonchev–Trinajstić information content (AvgIpc) is 2.82. The summed E-state index contributed by atoms with van der Waals surface area (Å²) in [5, 5.41) is 14.3. The number of rotatable bonds is 3. The maximum atomic E-state index is 9.92. The third-order valence-corrected chi connectivity index (χ3v) is 2.84. The molecule has 3 rings (SSSR count). The molecule has 0 saturated carbocycles. The molecule has 0 amide bonds. The summed E-state index contributed by atoms with van der Waals surface area (Å²) in [5.74, 6) is 0.712. The second kappa shape index (κ2) is 4.94. The topological polar surface area (TPSA) is 50.9 Å². The van der Waals surface area contributed by atoms with Crippen molar-refractivity contribution in [2.75, 3.05) is 0 Å². The Balaban J connectivity index is 1.90. The lowest BCUT2D eigenvalue weighted by atomic mass is 10.1.